The molecule has 2 aliphatic carbocycles. The van der Waals surface area contributed by atoms with Gasteiger partial charge < -0.3 is 5.11 Å². The first-order valence-corrected chi connectivity index (χ1v) is 6.61. The highest BCUT2D eigenvalue weighted by molar-refractivity contribution is 6.07. The van der Waals surface area contributed by atoms with Crippen molar-refractivity contribution < 1.29 is 19.5 Å². The summed E-state index contributed by atoms with van der Waals surface area (Å²) in [5.41, 5.74) is -0.955. The number of aliphatic carboxylic acids is 1. The number of likely N-dealkylation sites (tertiary alicyclic amines) is 1. The molecule has 1 heterocycles. The summed E-state index contributed by atoms with van der Waals surface area (Å²) < 4.78 is 0. The first kappa shape index (κ1) is 12.4. The number of amides is 2. The topological polar surface area (TPSA) is 74.7 Å². The summed E-state index contributed by atoms with van der Waals surface area (Å²) in [4.78, 5) is 37.1. The first-order valence-electron chi connectivity index (χ1n) is 6.61. The van der Waals surface area contributed by atoms with Crippen LogP contribution >= 0.6 is 0 Å². The summed E-state index contributed by atoms with van der Waals surface area (Å²) in [7, 11) is 0. The van der Waals surface area contributed by atoms with Gasteiger partial charge in [-0.3, -0.25) is 19.3 Å². The van der Waals surface area contributed by atoms with Gasteiger partial charge in [-0.05, 0) is 32.1 Å². The summed E-state index contributed by atoms with van der Waals surface area (Å²) in [5.74, 6) is -1.54. The number of allylic oxidation sites excluding steroid dienone is 2. The molecule has 3 aliphatic rings. The lowest BCUT2D eigenvalue weighted by Gasteiger charge is -2.33. The molecule has 0 aromatic carbocycles. The van der Waals surface area contributed by atoms with Crippen molar-refractivity contribution in [3.05, 3.63) is 12.2 Å². The Hall–Kier alpha value is -1.65. The Labute approximate surface area is 111 Å². The monoisotopic (exact) mass is 263 g/mol. The number of rotatable bonds is 3. The van der Waals surface area contributed by atoms with E-state index in [2.05, 4.69) is 0 Å². The van der Waals surface area contributed by atoms with E-state index in [9.17, 15) is 14.4 Å². The van der Waals surface area contributed by atoms with Crippen molar-refractivity contribution in [1.29, 1.82) is 0 Å². The lowest BCUT2D eigenvalue weighted by atomic mass is 9.85. The Bertz CT molecular complexity index is 478. The summed E-state index contributed by atoms with van der Waals surface area (Å²) in [5, 5.41) is 8.94. The number of hydrogen-bond donors (Lipinski definition) is 1. The zero-order valence-corrected chi connectivity index (χ0v) is 11.0. The number of imide groups is 1. The lowest BCUT2D eigenvalue weighted by Crippen LogP contribution is -2.50. The van der Waals surface area contributed by atoms with Crippen LogP contribution < -0.4 is 0 Å². The zero-order chi connectivity index (χ0) is 13.9. The average molecular weight is 263 g/mol. The van der Waals surface area contributed by atoms with E-state index >= 15 is 0 Å². The first-order chi connectivity index (χ1) is 8.83. The van der Waals surface area contributed by atoms with Gasteiger partial charge in [0.15, 0.2) is 0 Å². The zero-order valence-electron chi connectivity index (χ0n) is 11.0. The van der Waals surface area contributed by atoms with E-state index in [-0.39, 0.29) is 41.9 Å². The van der Waals surface area contributed by atoms with E-state index in [0.717, 1.165) is 6.42 Å². The molecule has 1 saturated carbocycles. The number of carbonyl (C=O) groups excluding carboxylic acids is 2. The molecule has 1 aliphatic heterocycles. The van der Waals surface area contributed by atoms with Crippen molar-refractivity contribution in [3.8, 4) is 0 Å². The molecule has 0 aromatic rings. The van der Waals surface area contributed by atoms with Crippen LogP contribution in [0, 0.1) is 23.7 Å². The molecule has 2 bridgehead atoms. The standard InChI is InChI=1S/C14H17NO4/c1-14(2,6-9(16)17)15-12(18)10-7-3-4-8(5-7)11(10)13(15)19/h3-4,7-8,10-11H,5-6H2,1-2H3,(H,16,17). The predicted molar refractivity (Wildman–Crippen MR) is 65.9 cm³/mol. The van der Waals surface area contributed by atoms with Gasteiger partial charge in [-0.2, -0.15) is 0 Å². The molecule has 19 heavy (non-hydrogen) atoms. The molecule has 0 aromatic heterocycles. The second-order valence-corrected chi connectivity index (χ2v) is 6.39. The van der Waals surface area contributed by atoms with Crippen LogP contribution in [0.25, 0.3) is 0 Å². The van der Waals surface area contributed by atoms with E-state index in [1.807, 2.05) is 12.2 Å². The highest BCUT2D eigenvalue weighted by atomic mass is 16.4. The molecule has 0 spiro atoms. The molecule has 4 unspecified atom stereocenters. The Balaban J connectivity index is 1.92. The third-order valence-corrected chi connectivity index (χ3v) is 4.66. The van der Waals surface area contributed by atoms with E-state index in [0.29, 0.717) is 0 Å². The summed E-state index contributed by atoms with van der Waals surface area (Å²) in [6, 6.07) is 0. The smallest absolute Gasteiger partial charge is 0.305 e. The molecule has 1 saturated heterocycles. The van der Waals surface area contributed by atoms with E-state index < -0.39 is 11.5 Å². The molecule has 1 N–H and O–H groups in total. The van der Waals surface area contributed by atoms with Crippen LogP contribution in [0.5, 0.6) is 0 Å². The molecule has 5 heteroatoms. The summed E-state index contributed by atoms with van der Waals surface area (Å²) in [6.45, 7) is 3.29. The lowest BCUT2D eigenvalue weighted by molar-refractivity contribution is -0.150. The molecular formula is C14H17NO4. The highest BCUT2D eigenvalue weighted by Gasteiger charge is 2.61. The molecule has 5 nitrogen and oxygen atoms in total. The van der Waals surface area contributed by atoms with Gasteiger partial charge in [0.05, 0.1) is 23.8 Å². The second kappa shape index (κ2) is 3.68. The fourth-order valence-electron chi connectivity index (χ4n) is 3.95. The fraction of sp³-hybridized carbons (Fsp3) is 0.643. The van der Waals surface area contributed by atoms with Crippen molar-refractivity contribution in [2.45, 2.75) is 32.2 Å². The fourth-order valence-corrected chi connectivity index (χ4v) is 3.95. The number of carboxylic acids is 1. The Morgan fingerprint density at radius 3 is 2.16 bits per heavy atom. The third kappa shape index (κ3) is 1.57. The van der Waals surface area contributed by atoms with Gasteiger partial charge in [-0.1, -0.05) is 12.2 Å². The van der Waals surface area contributed by atoms with Gasteiger partial charge in [0.2, 0.25) is 11.8 Å². The van der Waals surface area contributed by atoms with Gasteiger partial charge in [-0.15, -0.1) is 0 Å². The molecule has 102 valence electrons. The van der Waals surface area contributed by atoms with Crippen molar-refractivity contribution in [1.82, 2.24) is 4.90 Å². The van der Waals surface area contributed by atoms with Crippen molar-refractivity contribution in [2.75, 3.05) is 0 Å². The molecule has 0 radical (unpaired) electrons. The maximum absolute atomic E-state index is 12.5. The van der Waals surface area contributed by atoms with Crippen LogP contribution in [-0.4, -0.2) is 33.3 Å². The maximum Gasteiger partial charge on any atom is 0.305 e. The third-order valence-electron chi connectivity index (χ3n) is 4.66. The molecule has 2 fully saturated rings. The van der Waals surface area contributed by atoms with Crippen LogP contribution in [0.1, 0.15) is 26.7 Å². The summed E-state index contributed by atoms with van der Waals surface area (Å²) in [6.07, 6.45) is 4.74. The van der Waals surface area contributed by atoms with Gasteiger partial charge in [0.25, 0.3) is 0 Å². The minimum Gasteiger partial charge on any atom is -0.481 e. The van der Waals surface area contributed by atoms with Gasteiger partial charge in [0.1, 0.15) is 0 Å². The van der Waals surface area contributed by atoms with Crippen LogP contribution in [-0.2, 0) is 14.4 Å². The number of nitrogens with zero attached hydrogens (tertiary/aromatic N) is 1. The number of carboxylic acid groups (broad SMARTS) is 1. The molecule has 3 rings (SSSR count). The SMILES string of the molecule is CC(C)(CC(=O)O)N1C(=O)C2C3C=CC(C3)C2C1=O. The van der Waals surface area contributed by atoms with E-state index in [4.69, 9.17) is 5.11 Å². The predicted octanol–water partition coefficient (Wildman–Crippen LogP) is 1.05. The van der Waals surface area contributed by atoms with E-state index in [1.165, 1.54) is 4.90 Å². The number of hydrogen-bond acceptors (Lipinski definition) is 3. The van der Waals surface area contributed by atoms with Crippen LogP contribution in [0.2, 0.25) is 0 Å². The minimum atomic E-state index is -0.997. The second-order valence-electron chi connectivity index (χ2n) is 6.39. The van der Waals surface area contributed by atoms with Gasteiger partial charge in [0, 0.05) is 0 Å². The minimum absolute atomic E-state index is 0.164. The van der Waals surface area contributed by atoms with Crippen LogP contribution in [0.3, 0.4) is 0 Å². The normalized spacial score (nSPS) is 36.2. The molecular weight excluding hydrogens is 246 g/mol. The Kier molecular flexibility index (Phi) is 2.40. The Morgan fingerprint density at radius 2 is 1.74 bits per heavy atom. The number of fused-ring (bicyclic) bond motifs is 5. The van der Waals surface area contributed by atoms with E-state index in [1.54, 1.807) is 13.8 Å². The number of carbonyl (C=O) groups is 3. The van der Waals surface area contributed by atoms with Crippen molar-refractivity contribution >= 4 is 17.8 Å². The molecule has 4 atom stereocenters. The van der Waals surface area contributed by atoms with Crippen LogP contribution in [0.4, 0.5) is 0 Å². The maximum atomic E-state index is 12.5. The van der Waals surface area contributed by atoms with Crippen molar-refractivity contribution in [3.63, 3.8) is 0 Å². The highest BCUT2D eigenvalue weighted by Crippen LogP contribution is 2.53. The van der Waals surface area contributed by atoms with Crippen LogP contribution in [0.15, 0.2) is 12.2 Å². The summed E-state index contributed by atoms with van der Waals surface area (Å²) >= 11 is 0. The largest absolute Gasteiger partial charge is 0.481 e. The molecule has 2 amide bonds. The van der Waals surface area contributed by atoms with Gasteiger partial charge >= 0.3 is 5.97 Å². The Morgan fingerprint density at radius 1 is 1.26 bits per heavy atom. The average Bonchev–Trinajstić information content (AvgIpc) is 2.90. The quantitative estimate of drug-likeness (QED) is 0.610. The van der Waals surface area contributed by atoms with Crippen molar-refractivity contribution in [2.24, 2.45) is 23.7 Å². The van der Waals surface area contributed by atoms with Gasteiger partial charge in [-0.25, -0.2) is 0 Å².